The Labute approximate surface area is 80.9 Å². The molecule has 0 aromatic carbocycles. The first-order valence-corrected chi connectivity index (χ1v) is 4.40. The zero-order valence-electron chi connectivity index (χ0n) is 7.51. The van der Waals surface area contributed by atoms with Gasteiger partial charge in [0.25, 0.3) is 0 Å². The Morgan fingerprint density at radius 3 is 3.07 bits per heavy atom. The van der Waals surface area contributed by atoms with Gasteiger partial charge in [0.2, 0.25) is 5.91 Å². The number of carbonyl (C=O) groups is 1. The Balaban J connectivity index is 1.94. The van der Waals surface area contributed by atoms with Gasteiger partial charge in [-0.15, -0.1) is 0 Å². The van der Waals surface area contributed by atoms with Crippen LogP contribution >= 0.6 is 0 Å². The number of anilines is 1. The van der Waals surface area contributed by atoms with Crippen LogP contribution in [0.1, 0.15) is 6.42 Å². The smallest absolute Gasteiger partial charge is 0.231 e. The van der Waals surface area contributed by atoms with Crippen molar-refractivity contribution in [1.82, 2.24) is 5.16 Å². The summed E-state index contributed by atoms with van der Waals surface area (Å²) in [7, 11) is 0. The minimum absolute atomic E-state index is 0.00627. The number of amides is 1. The van der Waals surface area contributed by atoms with E-state index in [9.17, 15) is 4.79 Å². The minimum Gasteiger partial charge on any atom is -0.363 e. The summed E-state index contributed by atoms with van der Waals surface area (Å²) in [4.78, 5) is 11.6. The summed E-state index contributed by atoms with van der Waals surface area (Å²) in [6.45, 7) is 0. The molecule has 0 bridgehead atoms. The Morgan fingerprint density at radius 1 is 1.64 bits per heavy atom. The quantitative estimate of drug-likeness (QED) is 0.671. The maximum atomic E-state index is 11.6. The Hall–Kier alpha value is -1.62. The molecular weight excluding hydrogens is 182 g/mol. The van der Waals surface area contributed by atoms with E-state index in [2.05, 4.69) is 15.0 Å². The largest absolute Gasteiger partial charge is 0.363 e. The molecule has 0 saturated carbocycles. The van der Waals surface area contributed by atoms with Gasteiger partial charge in [-0.1, -0.05) is 17.3 Å². The number of nitrogens with two attached hydrogens (primary N) is 1. The molecule has 5 heteroatoms. The lowest BCUT2D eigenvalue weighted by molar-refractivity contribution is -0.118. The van der Waals surface area contributed by atoms with Crippen molar-refractivity contribution in [2.75, 3.05) is 5.32 Å². The van der Waals surface area contributed by atoms with Crippen LogP contribution in [-0.4, -0.2) is 17.1 Å². The topological polar surface area (TPSA) is 81.2 Å². The lowest BCUT2D eigenvalue weighted by Crippen LogP contribution is -2.23. The molecule has 3 N–H and O–H groups in total. The van der Waals surface area contributed by atoms with Crippen molar-refractivity contribution in [2.45, 2.75) is 12.5 Å². The summed E-state index contributed by atoms with van der Waals surface area (Å²) >= 11 is 0. The molecule has 2 unspecified atom stereocenters. The Bertz CT molecular complexity index is 345. The fourth-order valence-electron chi connectivity index (χ4n) is 1.42. The molecular formula is C9H11N3O2. The van der Waals surface area contributed by atoms with Crippen LogP contribution in [0.4, 0.5) is 5.69 Å². The average molecular weight is 193 g/mol. The van der Waals surface area contributed by atoms with Gasteiger partial charge in [-0.05, 0) is 6.42 Å². The van der Waals surface area contributed by atoms with E-state index in [1.807, 2.05) is 12.2 Å². The third kappa shape index (κ3) is 1.82. The van der Waals surface area contributed by atoms with Crippen LogP contribution in [0.15, 0.2) is 29.1 Å². The molecule has 1 amide bonds. The van der Waals surface area contributed by atoms with E-state index < -0.39 is 0 Å². The van der Waals surface area contributed by atoms with E-state index in [1.54, 1.807) is 0 Å². The standard InChI is InChI=1S/C9H11N3O2/c10-7-2-1-6(3-7)9(13)12-8-4-11-14-5-8/h1-2,4-7H,3,10H2,(H,12,13). The molecule has 1 aromatic heterocycles. The van der Waals surface area contributed by atoms with Crippen molar-refractivity contribution in [3.05, 3.63) is 24.6 Å². The number of aromatic nitrogens is 1. The van der Waals surface area contributed by atoms with Gasteiger partial charge in [-0.3, -0.25) is 4.79 Å². The molecule has 1 aliphatic rings. The summed E-state index contributed by atoms with van der Waals surface area (Å²) in [6.07, 6.45) is 7.18. The Kier molecular flexibility index (Phi) is 2.32. The number of hydrogen-bond acceptors (Lipinski definition) is 4. The first-order chi connectivity index (χ1) is 6.75. The maximum absolute atomic E-state index is 11.6. The molecule has 2 rings (SSSR count). The molecule has 5 nitrogen and oxygen atoms in total. The van der Waals surface area contributed by atoms with Gasteiger partial charge in [0.1, 0.15) is 12.0 Å². The molecule has 0 fully saturated rings. The van der Waals surface area contributed by atoms with Crippen LogP contribution in [0.25, 0.3) is 0 Å². The lowest BCUT2D eigenvalue weighted by Gasteiger charge is -2.07. The monoisotopic (exact) mass is 193 g/mol. The van der Waals surface area contributed by atoms with Crippen LogP contribution < -0.4 is 11.1 Å². The molecule has 1 aromatic rings. The van der Waals surface area contributed by atoms with Gasteiger partial charge in [-0.25, -0.2) is 0 Å². The first kappa shape index (κ1) is 8.96. The van der Waals surface area contributed by atoms with E-state index in [1.165, 1.54) is 12.5 Å². The average Bonchev–Trinajstić information content (AvgIpc) is 2.75. The van der Waals surface area contributed by atoms with Gasteiger partial charge in [0.15, 0.2) is 0 Å². The number of nitrogens with zero attached hydrogens (tertiary/aromatic N) is 1. The van der Waals surface area contributed by atoms with Gasteiger partial charge in [-0.2, -0.15) is 0 Å². The predicted octanol–water partition coefficient (Wildman–Crippen LogP) is 0.516. The van der Waals surface area contributed by atoms with Crippen molar-refractivity contribution in [3.8, 4) is 0 Å². The molecule has 0 saturated heterocycles. The third-order valence-electron chi connectivity index (χ3n) is 2.15. The zero-order chi connectivity index (χ0) is 9.97. The van der Waals surface area contributed by atoms with E-state index >= 15 is 0 Å². The molecule has 2 atom stereocenters. The fourth-order valence-corrected chi connectivity index (χ4v) is 1.42. The number of rotatable bonds is 2. The zero-order valence-corrected chi connectivity index (χ0v) is 7.51. The van der Waals surface area contributed by atoms with E-state index in [4.69, 9.17) is 5.73 Å². The second kappa shape index (κ2) is 3.63. The Morgan fingerprint density at radius 2 is 2.50 bits per heavy atom. The lowest BCUT2D eigenvalue weighted by atomic mass is 10.1. The molecule has 74 valence electrons. The van der Waals surface area contributed by atoms with Crippen molar-refractivity contribution < 1.29 is 9.32 Å². The molecule has 0 aliphatic heterocycles. The highest BCUT2D eigenvalue weighted by Gasteiger charge is 2.22. The summed E-state index contributed by atoms with van der Waals surface area (Å²) in [5.74, 6) is -0.211. The fraction of sp³-hybridized carbons (Fsp3) is 0.333. The third-order valence-corrected chi connectivity index (χ3v) is 2.15. The van der Waals surface area contributed by atoms with Crippen molar-refractivity contribution in [3.63, 3.8) is 0 Å². The van der Waals surface area contributed by atoms with Crippen molar-refractivity contribution in [2.24, 2.45) is 11.7 Å². The highest BCUT2D eigenvalue weighted by molar-refractivity contribution is 5.93. The maximum Gasteiger partial charge on any atom is 0.231 e. The van der Waals surface area contributed by atoms with Crippen LogP contribution in [0.5, 0.6) is 0 Å². The number of carbonyl (C=O) groups excluding carboxylic acids is 1. The highest BCUT2D eigenvalue weighted by Crippen LogP contribution is 2.18. The minimum atomic E-state index is -0.139. The predicted molar refractivity (Wildman–Crippen MR) is 50.4 cm³/mol. The van der Waals surface area contributed by atoms with Crippen LogP contribution in [-0.2, 0) is 4.79 Å². The number of hydrogen-bond donors (Lipinski definition) is 2. The molecule has 1 aliphatic carbocycles. The van der Waals surface area contributed by atoms with E-state index in [-0.39, 0.29) is 17.9 Å². The summed E-state index contributed by atoms with van der Waals surface area (Å²) in [5.41, 5.74) is 6.21. The van der Waals surface area contributed by atoms with Crippen molar-refractivity contribution >= 4 is 11.6 Å². The van der Waals surface area contributed by atoms with E-state index in [0.29, 0.717) is 12.1 Å². The van der Waals surface area contributed by atoms with Gasteiger partial charge < -0.3 is 15.6 Å². The molecule has 0 radical (unpaired) electrons. The van der Waals surface area contributed by atoms with Gasteiger partial charge in [0.05, 0.1) is 12.1 Å². The van der Waals surface area contributed by atoms with Crippen LogP contribution in [0.3, 0.4) is 0 Å². The number of nitrogens with one attached hydrogen (secondary N) is 1. The molecule has 1 heterocycles. The van der Waals surface area contributed by atoms with Crippen LogP contribution in [0.2, 0.25) is 0 Å². The van der Waals surface area contributed by atoms with E-state index in [0.717, 1.165) is 0 Å². The van der Waals surface area contributed by atoms with Crippen LogP contribution in [0, 0.1) is 5.92 Å². The van der Waals surface area contributed by atoms with Gasteiger partial charge in [0, 0.05) is 6.04 Å². The van der Waals surface area contributed by atoms with Crippen molar-refractivity contribution in [1.29, 1.82) is 0 Å². The highest BCUT2D eigenvalue weighted by atomic mass is 16.5. The van der Waals surface area contributed by atoms with Gasteiger partial charge >= 0.3 is 0 Å². The molecule has 14 heavy (non-hydrogen) atoms. The molecule has 0 spiro atoms. The first-order valence-electron chi connectivity index (χ1n) is 4.40. The summed E-state index contributed by atoms with van der Waals surface area (Å²) < 4.78 is 4.59. The summed E-state index contributed by atoms with van der Waals surface area (Å²) in [5, 5.41) is 6.17. The normalized spacial score (nSPS) is 25.2. The second-order valence-corrected chi connectivity index (χ2v) is 3.29. The second-order valence-electron chi connectivity index (χ2n) is 3.29. The summed E-state index contributed by atoms with van der Waals surface area (Å²) in [6, 6.07) is -0.00627. The SMILES string of the molecule is NC1C=CC(C(=O)Nc2cnoc2)C1.